The van der Waals surface area contributed by atoms with Crippen molar-refractivity contribution in [2.45, 2.75) is 19.6 Å². The van der Waals surface area contributed by atoms with Gasteiger partial charge >= 0.3 is 0 Å². The van der Waals surface area contributed by atoms with Gasteiger partial charge in [-0.25, -0.2) is 9.37 Å². The van der Waals surface area contributed by atoms with Crippen LogP contribution in [0.2, 0.25) is 0 Å². The first-order chi connectivity index (χ1) is 9.60. The maximum Gasteiger partial charge on any atom is 0.165 e. The Hall–Kier alpha value is -2.45. The van der Waals surface area contributed by atoms with Crippen molar-refractivity contribution in [3.63, 3.8) is 0 Å². The number of benzene rings is 1. The lowest BCUT2D eigenvalue weighted by molar-refractivity contribution is 0.290. The van der Waals surface area contributed by atoms with Crippen molar-refractivity contribution in [3.05, 3.63) is 59.2 Å². The van der Waals surface area contributed by atoms with Gasteiger partial charge < -0.3 is 10.5 Å². The lowest BCUT2D eigenvalue weighted by Crippen LogP contribution is -2.06. The Labute approximate surface area is 116 Å². The molecule has 2 N–H and O–H groups in total. The summed E-state index contributed by atoms with van der Waals surface area (Å²) in [6.45, 7) is 1.96. The van der Waals surface area contributed by atoms with E-state index in [4.69, 9.17) is 15.7 Å². The molecule has 2 aromatic rings. The van der Waals surface area contributed by atoms with Crippen molar-refractivity contribution < 1.29 is 9.13 Å². The number of rotatable bonds is 4. The van der Waals surface area contributed by atoms with E-state index in [1.54, 1.807) is 31.2 Å². The van der Waals surface area contributed by atoms with Gasteiger partial charge in [-0.15, -0.1) is 0 Å². The highest BCUT2D eigenvalue weighted by molar-refractivity contribution is 5.31. The molecule has 1 aromatic carbocycles. The smallest absolute Gasteiger partial charge is 0.165 e. The topological polar surface area (TPSA) is 71.9 Å². The van der Waals surface area contributed by atoms with Crippen LogP contribution in [0.15, 0.2) is 36.5 Å². The van der Waals surface area contributed by atoms with E-state index in [0.717, 1.165) is 5.56 Å². The van der Waals surface area contributed by atoms with Crippen LogP contribution >= 0.6 is 0 Å². The highest BCUT2D eigenvalue weighted by Gasteiger charge is 2.07. The molecule has 0 saturated carbocycles. The lowest BCUT2D eigenvalue weighted by atomic mass is 10.1. The Morgan fingerprint density at radius 1 is 1.40 bits per heavy atom. The summed E-state index contributed by atoms with van der Waals surface area (Å²) >= 11 is 0. The van der Waals surface area contributed by atoms with Gasteiger partial charge in [0.05, 0.1) is 0 Å². The third kappa shape index (κ3) is 3.31. The van der Waals surface area contributed by atoms with Crippen LogP contribution < -0.4 is 10.5 Å². The number of halogens is 1. The number of pyridine rings is 1. The minimum atomic E-state index is -0.450. The third-order valence-corrected chi connectivity index (χ3v) is 2.81. The minimum absolute atomic E-state index is 0.157. The van der Waals surface area contributed by atoms with Gasteiger partial charge in [0.25, 0.3) is 0 Å². The van der Waals surface area contributed by atoms with Gasteiger partial charge in [0.1, 0.15) is 18.4 Å². The molecule has 0 bridgehead atoms. The van der Waals surface area contributed by atoms with E-state index in [1.807, 2.05) is 6.07 Å². The average molecular weight is 271 g/mol. The fraction of sp³-hybridized carbons (Fsp3) is 0.200. The molecule has 0 aliphatic rings. The van der Waals surface area contributed by atoms with Gasteiger partial charge in [-0.3, -0.25) is 0 Å². The molecule has 0 saturated heterocycles. The molecule has 0 spiro atoms. The van der Waals surface area contributed by atoms with E-state index in [9.17, 15) is 4.39 Å². The van der Waals surface area contributed by atoms with Crippen molar-refractivity contribution in [2.75, 3.05) is 0 Å². The molecule has 0 aliphatic heterocycles. The summed E-state index contributed by atoms with van der Waals surface area (Å²) in [6.07, 6.45) is 1.52. The number of nitrogens with two attached hydrogens (primary N) is 1. The third-order valence-electron chi connectivity index (χ3n) is 2.81. The van der Waals surface area contributed by atoms with Crippen LogP contribution in [-0.4, -0.2) is 4.98 Å². The first-order valence-corrected chi connectivity index (χ1v) is 6.13. The Kier molecular flexibility index (Phi) is 4.28. The Morgan fingerprint density at radius 2 is 2.20 bits per heavy atom. The summed E-state index contributed by atoms with van der Waals surface area (Å²) in [7, 11) is 0. The van der Waals surface area contributed by atoms with E-state index in [-0.39, 0.29) is 18.4 Å². The van der Waals surface area contributed by atoms with Gasteiger partial charge in [-0.2, -0.15) is 5.26 Å². The number of nitriles is 1. The highest BCUT2D eigenvalue weighted by atomic mass is 19.1. The van der Waals surface area contributed by atoms with Crippen LogP contribution in [-0.2, 0) is 6.61 Å². The first-order valence-electron chi connectivity index (χ1n) is 6.13. The minimum Gasteiger partial charge on any atom is -0.486 e. The van der Waals surface area contributed by atoms with Crippen LogP contribution in [0.25, 0.3) is 0 Å². The molecule has 20 heavy (non-hydrogen) atoms. The molecule has 1 aromatic heterocycles. The van der Waals surface area contributed by atoms with Crippen molar-refractivity contribution in [1.82, 2.24) is 4.98 Å². The molecule has 1 atom stereocenters. The van der Waals surface area contributed by atoms with Gasteiger partial charge in [-0.05, 0) is 42.3 Å². The van der Waals surface area contributed by atoms with E-state index in [0.29, 0.717) is 11.3 Å². The molecule has 0 aliphatic carbocycles. The zero-order valence-electron chi connectivity index (χ0n) is 11.0. The molecule has 2 rings (SSSR count). The molecule has 5 heteroatoms. The Balaban J connectivity index is 2.09. The number of hydrogen-bond donors (Lipinski definition) is 1. The van der Waals surface area contributed by atoms with E-state index in [2.05, 4.69) is 4.98 Å². The second-order valence-electron chi connectivity index (χ2n) is 4.43. The standard InChI is InChI=1S/C15H14FN3O/c1-10(18)12-2-3-15(14(16)7-12)20-9-11-4-5-19-13(6-11)8-17/h2-7,10H,9,18H2,1H3. The molecule has 1 unspecified atom stereocenters. The van der Waals surface area contributed by atoms with Crippen molar-refractivity contribution in [2.24, 2.45) is 5.73 Å². The Morgan fingerprint density at radius 3 is 2.85 bits per heavy atom. The zero-order valence-corrected chi connectivity index (χ0v) is 11.0. The monoisotopic (exact) mass is 271 g/mol. The summed E-state index contributed by atoms with van der Waals surface area (Å²) in [4.78, 5) is 3.86. The van der Waals surface area contributed by atoms with Crippen LogP contribution in [0.5, 0.6) is 5.75 Å². The van der Waals surface area contributed by atoms with Gasteiger partial charge in [0.2, 0.25) is 0 Å². The molecule has 4 nitrogen and oxygen atoms in total. The van der Waals surface area contributed by atoms with Gasteiger partial charge in [0, 0.05) is 12.2 Å². The van der Waals surface area contributed by atoms with Crippen LogP contribution in [0, 0.1) is 17.1 Å². The van der Waals surface area contributed by atoms with Crippen molar-refractivity contribution in [3.8, 4) is 11.8 Å². The largest absolute Gasteiger partial charge is 0.486 e. The van der Waals surface area contributed by atoms with Crippen LogP contribution in [0.4, 0.5) is 4.39 Å². The van der Waals surface area contributed by atoms with E-state index < -0.39 is 5.82 Å². The summed E-state index contributed by atoms with van der Waals surface area (Å²) in [5.41, 5.74) is 7.46. The van der Waals surface area contributed by atoms with Crippen LogP contribution in [0.3, 0.4) is 0 Å². The van der Waals surface area contributed by atoms with Crippen molar-refractivity contribution >= 4 is 0 Å². The molecule has 0 radical (unpaired) electrons. The second-order valence-corrected chi connectivity index (χ2v) is 4.43. The normalized spacial score (nSPS) is 11.7. The molecule has 102 valence electrons. The first kappa shape index (κ1) is 14.0. The molecule has 0 amide bonds. The van der Waals surface area contributed by atoms with Gasteiger partial charge in [-0.1, -0.05) is 6.07 Å². The number of hydrogen-bond acceptors (Lipinski definition) is 4. The predicted molar refractivity (Wildman–Crippen MR) is 72.3 cm³/mol. The second kappa shape index (κ2) is 6.13. The molecular formula is C15H14FN3O. The quantitative estimate of drug-likeness (QED) is 0.928. The Bertz CT molecular complexity index is 650. The SMILES string of the molecule is CC(N)c1ccc(OCc2ccnc(C#N)c2)c(F)c1. The summed E-state index contributed by atoms with van der Waals surface area (Å²) in [5, 5.41) is 8.75. The fourth-order valence-electron chi connectivity index (χ4n) is 1.70. The fourth-order valence-corrected chi connectivity index (χ4v) is 1.70. The summed E-state index contributed by atoms with van der Waals surface area (Å²) < 4.78 is 19.2. The highest BCUT2D eigenvalue weighted by Crippen LogP contribution is 2.22. The molecular weight excluding hydrogens is 257 g/mol. The number of ether oxygens (including phenoxy) is 1. The van der Waals surface area contributed by atoms with Crippen molar-refractivity contribution in [1.29, 1.82) is 5.26 Å². The maximum atomic E-state index is 13.8. The average Bonchev–Trinajstić information content (AvgIpc) is 2.46. The van der Waals surface area contributed by atoms with E-state index >= 15 is 0 Å². The van der Waals surface area contributed by atoms with Gasteiger partial charge in [0.15, 0.2) is 11.6 Å². The lowest BCUT2D eigenvalue weighted by Gasteiger charge is -2.10. The molecule has 1 heterocycles. The van der Waals surface area contributed by atoms with Crippen LogP contribution in [0.1, 0.15) is 29.8 Å². The molecule has 0 fully saturated rings. The summed E-state index contributed by atoms with van der Waals surface area (Å²) in [5.74, 6) is -0.293. The summed E-state index contributed by atoms with van der Waals surface area (Å²) in [6, 6.07) is 9.70. The number of aromatic nitrogens is 1. The predicted octanol–water partition coefficient (Wildman–Crippen LogP) is 2.69. The maximum absolute atomic E-state index is 13.8. The number of nitrogens with zero attached hydrogens (tertiary/aromatic N) is 2. The van der Waals surface area contributed by atoms with E-state index in [1.165, 1.54) is 12.3 Å². The zero-order chi connectivity index (χ0) is 14.5.